The molecule has 0 aromatic heterocycles. The van der Waals surface area contributed by atoms with Gasteiger partial charge in [-0.05, 0) is 32.5 Å². The van der Waals surface area contributed by atoms with Crippen LogP contribution in [0.25, 0.3) is 0 Å². The third-order valence-corrected chi connectivity index (χ3v) is 2.54. The number of likely N-dealkylation sites (N-methyl/N-ethyl adjacent to an activating group) is 2. The summed E-state index contributed by atoms with van der Waals surface area (Å²) in [6.07, 6.45) is 4.39. The second-order valence-electron chi connectivity index (χ2n) is 3.89. The zero-order chi connectivity index (χ0) is 8.81. The van der Waals surface area contributed by atoms with Crippen molar-refractivity contribution in [2.75, 3.05) is 33.2 Å². The fourth-order valence-electron chi connectivity index (χ4n) is 1.37. The molecule has 0 saturated heterocycles. The van der Waals surface area contributed by atoms with Crippen molar-refractivity contribution < 1.29 is 0 Å². The molecule has 0 radical (unpaired) electrons. The van der Waals surface area contributed by atoms with Crippen LogP contribution in [0.2, 0.25) is 0 Å². The second kappa shape index (κ2) is 5.55. The molecule has 2 heteroatoms. The van der Waals surface area contributed by atoms with E-state index in [2.05, 4.69) is 24.2 Å². The van der Waals surface area contributed by atoms with Crippen LogP contribution in [0.5, 0.6) is 0 Å². The van der Waals surface area contributed by atoms with Gasteiger partial charge in [-0.1, -0.05) is 19.8 Å². The molecule has 0 aromatic rings. The van der Waals surface area contributed by atoms with E-state index < -0.39 is 0 Å². The summed E-state index contributed by atoms with van der Waals surface area (Å²) in [7, 11) is 2.22. The van der Waals surface area contributed by atoms with Gasteiger partial charge in [0.25, 0.3) is 0 Å². The lowest BCUT2D eigenvalue weighted by Crippen LogP contribution is -2.29. The maximum absolute atomic E-state index is 3.34. The standard InChI is InChI=1S/C10H22N2/c1-3-11-7-9-12(2)8-6-10-4-5-10/h10-11H,3-9H2,1-2H3. The molecule has 0 heterocycles. The molecule has 0 atom stereocenters. The summed E-state index contributed by atoms with van der Waals surface area (Å²) in [5, 5.41) is 3.34. The molecule has 0 aliphatic heterocycles. The molecule has 0 aromatic carbocycles. The SMILES string of the molecule is CCNCCN(C)CCC1CC1. The van der Waals surface area contributed by atoms with E-state index in [0.717, 1.165) is 19.0 Å². The van der Waals surface area contributed by atoms with E-state index in [1.54, 1.807) is 0 Å². The van der Waals surface area contributed by atoms with E-state index >= 15 is 0 Å². The Morgan fingerprint density at radius 3 is 2.67 bits per heavy atom. The molecule has 12 heavy (non-hydrogen) atoms. The monoisotopic (exact) mass is 170 g/mol. The number of hydrogen-bond donors (Lipinski definition) is 1. The molecular weight excluding hydrogens is 148 g/mol. The van der Waals surface area contributed by atoms with Crippen molar-refractivity contribution in [3.8, 4) is 0 Å². The van der Waals surface area contributed by atoms with E-state index in [0.29, 0.717) is 0 Å². The normalized spacial score (nSPS) is 17.2. The maximum atomic E-state index is 3.34. The van der Waals surface area contributed by atoms with Crippen molar-refractivity contribution in [1.29, 1.82) is 0 Å². The van der Waals surface area contributed by atoms with E-state index in [4.69, 9.17) is 0 Å². The topological polar surface area (TPSA) is 15.3 Å². The molecule has 2 nitrogen and oxygen atoms in total. The van der Waals surface area contributed by atoms with Crippen molar-refractivity contribution in [3.05, 3.63) is 0 Å². The second-order valence-corrected chi connectivity index (χ2v) is 3.89. The molecule has 1 saturated carbocycles. The van der Waals surface area contributed by atoms with Crippen LogP contribution in [0.1, 0.15) is 26.2 Å². The van der Waals surface area contributed by atoms with Crippen LogP contribution in [0.4, 0.5) is 0 Å². The molecule has 1 aliphatic rings. The lowest BCUT2D eigenvalue weighted by molar-refractivity contribution is 0.321. The summed E-state index contributed by atoms with van der Waals surface area (Å²) in [5.41, 5.74) is 0. The van der Waals surface area contributed by atoms with Gasteiger partial charge in [0.05, 0.1) is 0 Å². The zero-order valence-corrected chi connectivity index (χ0v) is 8.47. The van der Waals surface area contributed by atoms with Gasteiger partial charge in [-0.25, -0.2) is 0 Å². The van der Waals surface area contributed by atoms with Crippen molar-refractivity contribution in [2.45, 2.75) is 26.2 Å². The van der Waals surface area contributed by atoms with Gasteiger partial charge in [0, 0.05) is 13.1 Å². The highest BCUT2D eigenvalue weighted by molar-refractivity contribution is 4.74. The average Bonchev–Trinajstić information content (AvgIpc) is 2.84. The first kappa shape index (κ1) is 10.0. The highest BCUT2D eigenvalue weighted by Gasteiger charge is 2.20. The van der Waals surface area contributed by atoms with Crippen LogP contribution in [-0.2, 0) is 0 Å². The Morgan fingerprint density at radius 1 is 1.33 bits per heavy atom. The van der Waals surface area contributed by atoms with E-state index in [9.17, 15) is 0 Å². The number of nitrogens with zero attached hydrogens (tertiary/aromatic N) is 1. The number of rotatable bonds is 7. The zero-order valence-electron chi connectivity index (χ0n) is 8.47. The van der Waals surface area contributed by atoms with Crippen molar-refractivity contribution in [2.24, 2.45) is 5.92 Å². The Kier molecular flexibility index (Phi) is 4.62. The van der Waals surface area contributed by atoms with Gasteiger partial charge in [-0.15, -0.1) is 0 Å². The largest absolute Gasteiger partial charge is 0.316 e. The van der Waals surface area contributed by atoms with Crippen LogP contribution in [0, 0.1) is 5.92 Å². The van der Waals surface area contributed by atoms with Gasteiger partial charge in [0.2, 0.25) is 0 Å². The lowest BCUT2D eigenvalue weighted by atomic mass is 10.3. The summed E-state index contributed by atoms with van der Waals surface area (Å²) < 4.78 is 0. The quantitative estimate of drug-likeness (QED) is 0.580. The minimum atomic E-state index is 1.08. The maximum Gasteiger partial charge on any atom is 0.0104 e. The Labute approximate surface area is 76.3 Å². The first-order valence-electron chi connectivity index (χ1n) is 5.22. The molecule has 0 amide bonds. The van der Waals surface area contributed by atoms with Crippen molar-refractivity contribution in [3.63, 3.8) is 0 Å². The smallest absolute Gasteiger partial charge is 0.0104 e. The van der Waals surface area contributed by atoms with Gasteiger partial charge in [0.15, 0.2) is 0 Å². The van der Waals surface area contributed by atoms with E-state index in [1.165, 1.54) is 32.4 Å². The van der Waals surface area contributed by atoms with Crippen molar-refractivity contribution in [1.82, 2.24) is 10.2 Å². The predicted octanol–water partition coefficient (Wildman–Crippen LogP) is 1.33. The summed E-state index contributed by atoms with van der Waals surface area (Å²) in [4.78, 5) is 2.43. The molecule has 0 unspecified atom stereocenters. The molecule has 0 bridgehead atoms. The van der Waals surface area contributed by atoms with E-state index in [-0.39, 0.29) is 0 Å². The first-order chi connectivity index (χ1) is 5.83. The van der Waals surface area contributed by atoms with Gasteiger partial charge < -0.3 is 10.2 Å². The Balaban J connectivity index is 1.84. The van der Waals surface area contributed by atoms with Crippen LogP contribution >= 0.6 is 0 Å². The Hall–Kier alpha value is -0.0800. The third kappa shape index (κ3) is 4.73. The summed E-state index contributed by atoms with van der Waals surface area (Å²) in [6, 6.07) is 0. The average molecular weight is 170 g/mol. The first-order valence-corrected chi connectivity index (χ1v) is 5.22. The number of nitrogens with one attached hydrogen (secondary N) is 1. The molecule has 1 rings (SSSR count). The molecule has 72 valence electrons. The Bertz CT molecular complexity index is 110. The van der Waals surface area contributed by atoms with Gasteiger partial charge in [-0.3, -0.25) is 0 Å². The highest BCUT2D eigenvalue weighted by Crippen LogP contribution is 2.32. The van der Waals surface area contributed by atoms with Gasteiger partial charge >= 0.3 is 0 Å². The molecular formula is C10H22N2. The van der Waals surface area contributed by atoms with Crippen molar-refractivity contribution >= 4 is 0 Å². The molecule has 1 N–H and O–H groups in total. The third-order valence-electron chi connectivity index (χ3n) is 2.54. The Morgan fingerprint density at radius 2 is 2.08 bits per heavy atom. The molecule has 0 spiro atoms. The number of hydrogen-bond acceptors (Lipinski definition) is 2. The molecule has 1 fully saturated rings. The lowest BCUT2D eigenvalue weighted by Gasteiger charge is -2.15. The predicted molar refractivity (Wildman–Crippen MR) is 53.4 cm³/mol. The van der Waals surface area contributed by atoms with Crippen LogP contribution in [0.15, 0.2) is 0 Å². The van der Waals surface area contributed by atoms with Gasteiger partial charge in [-0.2, -0.15) is 0 Å². The fraction of sp³-hybridized carbons (Fsp3) is 1.00. The van der Waals surface area contributed by atoms with Crippen LogP contribution < -0.4 is 5.32 Å². The molecule has 1 aliphatic carbocycles. The minimum absolute atomic E-state index is 1.08. The van der Waals surface area contributed by atoms with E-state index in [1.807, 2.05) is 0 Å². The summed E-state index contributed by atoms with van der Waals surface area (Å²) in [5.74, 6) is 1.08. The summed E-state index contributed by atoms with van der Waals surface area (Å²) in [6.45, 7) is 6.87. The fourth-order valence-corrected chi connectivity index (χ4v) is 1.37. The summed E-state index contributed by atoms with van der Waals surface area (Å²) >= 11 is 0. The van der Waals surface area contributed by atoms with Gasteiger partial charge in [0.1, 0.15) is 0 Å². The van der Waals surface area contributed by atoms with Crippen LogP contribution in [0.3, 0.4) is 0 Å². The minimum Gasteiger partial charge on any atom is -0.316 e. The van der Waals surface area contributed by atoms with Crippen LogP contribution in [-0.4, -0.2) is 38.1 Å². The highest BCUT2D eigenvalue weighted by atomic mass is 15.1.